The van der Waals surface area contributed by atoms with Crippen molar-refractivity contribution >= 4 is 41.0 Å². The lowest BCUT2D eigenvalue weighted by Crippen LogP contribution is -2.51. The van der Waals surface area contributed by atoms with Crippen LogP contribution in [0.15, 0.2) is 54.6 Å². The summed E-state index contributed by atoms with van der Waals surface area (Å²) in [5, 5.41) is 5.79. The Labute approximate surface area is 197 Å². The van der Waals surface area contributed by atoms with E-state index in [0.29, 0.717) is 42.6 Å². The smallest absolute Gasteiger partial charge is 0.321 e. The van der Waals surface area contributed by atoms with Gasteiger partial charge in [0.1, 0.15) is 11.8 Å². The fourth-order valence-corrected chi connectivity index (χ4v) is 5.26. The zero-order chi connectivity index (χ0) is 23.2. The molecule has 0 saturated carbocycles. The number of amides is 4. The SMILES string of the molecule is COc1ccc(NC(=O)C2CSCN2C(=O)C2CCCN(C(=O)Nc3ccccc3)C2)cc1. The number of likely N-dealkylation sites (tertiary alicyclic amines) is 1. The summed E-state index contributed by atoms with van der Waals surface area (Å²) in [6.07, 6.45) is 1.46. The molecular weight excluding hydrogens is 440 g/mol. The van der Waals surface area contributed by atoms with Gasteiger partial charge in [-0.25, -0.2) is 4.79 Å². The Morgan fingerprint density at radius 2 is 1.73 bits per heavy atom. The molecule has 9 heteroatoms. The molecule has 2 aromatic rings. The number of ether oxygens (including phenoxy) is 1. The van der Waals surface area contributed by atoms with Gasteiger partial charge in [-0.3, -0.25) is 9.59 Å². The molecular formula is C24H28N4O4S. The van der Waals surface area contributed by atoms with Crippen molar-refractivity contribution in [2.75, 3.05) is 42.5 Å². The minimum atomic E-state index is -0.530. The Morgan fingerprint density at radius 3 is 2.45 bits per heavy atom. The number of para-hydroxylation sites is 1. The average Bonchev–Trinajstić information content (AvgIpc) is 3.35. The summed E-state index contributed by atoms with van der Waals surface area (Å²) in [5.41, 5.74) is 1.38. The summed E-state index contributed by atoms with van der Waals surface area (Å²) in [7, 11) is 1.59. The molecule has 4 rings (SSSR count). The van der Waals surface area contributed by atoms with E-state index in [9.17, 15) is 14.4 Å². The van der Waals surface area contributed by atoms with Crippen molar-refractivity contribution < 1.29 is 19.1 Å². The van der Waals surface area contributed by atoms with E-state index < -0.39 is 6.04 Å². The van der Waals surface area contributed by atoms with Gasteiger partial charge in [-0.2, -0.15) is 0 Å². The lowest BCUT2D eigenvalue weighted by Gasteiger charge is -2.35. The number of anilines is 2. The summed E-state index contributed by atoms with van der Waals surface area (Å²) < 4.78 is 5.15. The van der Waals surface area contributed by atoms with Gasteiger partial charge >= 0.3 is 6.03 Å². The number of thioether (sulfide) groups is 1. The fraction of sp³-hybridized carbons (Fsp3) is 0.375. The van der Waals surface area contributed by atoms with Crippen molar-refractivity contribution in [3.8, 4) is 5.75 Å². The van der Waals surface area contributed by atoms with E-state index in [1.54, 1.807) is 52.9 Å². The molecule has 4 amide bonds. The van der Waals surface area contributed by atoms with Crippen LogP contribution in [0.25, 0.3) is 0 Å². The number of nitrogens with zero attached hydrogens (tertiary/aromatic N) is 2. The Balaban J connectivity index is 1.36. The van der Waals surface area contributed by atoms with Gasteiger partial charge in [0.05, 0.1) is 18.9 Å². The van der Waals surface area contributed by atoms with Crippen LogP contribution < -0.4 is 15.4 Å². The summed E-state index contributed by atoms with van der Waals surface area (Å²) in [6, 6.07) is 15.6. The zero-order valence-electron chi connectivity index (χ0n) is 18.5. The lowest BCUT2D eigenvalue weighted by atomic mass is 9.96. The maximum absolute atomic E-state index is 13.3. The molecule has 0 bridgehead atoms. The number of piperidine rings is 1. The van der Waals surface area contributed by atoms with Crippen LogP contribution in [-0.4, -0.2) is 65.5 Å². The highest BCUT2D eigenvalue weighted by Crippen LogP contribution is 2.28. The van der Waals surface area contributed by atoms with Crippen molar-refractivity contribution in [2.24, 2.45) is 5.92 Å². The Hall–Kier alpha value is -3.20. The first kappa shape index (κ1) is 23.0. The van der Waals surface area contributed by atoms with Gasteiger partial charge in [-0.1, -0.05) is 18.2 Å². The predicted octanol–water partition coefficient (Wildman–Crippen LogP) is 3.48. The van der Waals surface area contributed by atoms with Crippen LogP contribution in [0.5, 0.6) is 5.75 Å². The van der Waals surface area contributed by atoms with Crippen LogP contribution in [0.2, 0.25) is 0 Å². The molecule has 2 aliphatic heterocycles. The van der Waals surface area contributed by atoms with E-state index in [1.807, 2.05) is 30.3 Å². The number of hydrogen-bond acceptors (Lipinski definition) is 5. The van der Waals surface area contributed by atoms with Crippen molar-refractivity contribution in [3.05, 3.63) is 54.6 Å². The average molecular weight is 469 g/mol. The molecule has 2 aromatic carbocycles. The molecule has 2 heterocycles. The molecule has 2 aliphatic rings. The molecule has 2 unspecified atom stereocenters. The van der Waals surface area contributed by atoms with Crippen LogP contribution in [-0.2, 0) is 9.59 Å². The molecule has 2 saturated heterocycles. The third-order valence-corrected chi connectivity index (χ3v) is 6.92. The van der Waals surface area contributed by atoms with E-state index in [2.05, 4.69) is 10.6 Å². The number of carbonyl (C=O) groups excluding carboxylic acids is 3. The predicted molar refractivity (Wildman–Crippen MR) is 129 cm³/mol. The molecule has 2 atom stereocenters. The van der Waals surface area contributed by atoms with Gasteiger partial charge < -0.3 is 25.2 Å². The van der Waals surface area contributed by atoms with E-state index in [4.69, 9.17) is 4.74 Å². The third-order valence-electron chi connectivity index (χ3n) is 5.91. The normalized spacial score (nSPS) is 20.3. The maximum atomic E-state index is 13.3. The van der Waals surface area contributed by atoms with Crippen LogP contribution in [0, 0.1) is 5.92 Å². The quantitative estimate of drug-likeness (QED) is 0.701. The molecule has 0 radical (unpaired) electrons. The molecule has 0 aliphatic carbocycles. The fourth-order valence-electron chi connectivity index (χ4n) is 4.10. The van der Waals surface area contributed by atoms with Crippen LogP contribution in [0.3, 0.4) is 0 Å². The Morgan fingerprint density at radius 1 is 1.00 bits per heavy atom. The highest BCUT2D eigenvalue weighted by Gasteiger charge is 2.39. The number of methoxy groups -OCH3 is 1. The van der Waals surface area contributed by atoms with Crippen LogP contribution in [0.1, 0.15) is 12.8 Å². The first-order valence-corrected chi connectivity index (χ1v) is 12.1. The van der Waals surface area contributed by atoms with Crippen molar-refractivity contribution in [1.82, 2.24) is 9.80 Å². The largest absolute Gasteiger partial charge is 0.497 e. The number of hydrogen-bond donors (Lipinski definition) is 2. The third kappa shape index (κ3) is 5.60. The highest BCUT2D eigenvalue weighted by molar-refractivity contribution is 7.99. The zero-order valence-corrected chi connectivity index (χ0v) is 19.3. The molecule has 8 nitrogen and oxygen atoms in total. The monoisotopic (exact) mass is 468 g/mol. The van der Waals surface area contributed by atoms with Gasteiger partial charge in [0.25, 0.3) is 0 Å². The van der Waals surface area contributed by atoms with Gasteiger partial charge in [0, 0.05) is 30.2 Å². The van der Waals surface area contributed by atoms with Crippen molar-refractivity contribution in [1.29, 1.82) is 0 Å². The lowest BCUT2D eigenvalue weighted by molar-refractivity contribution is -0.140. The van der Waals surface area contributed by atoms with E-state index in [0.717, 1.165) is 12.1 Å². The van der Waals surface area contributed by atoms with Crippen LogP contribution >= 0.6 is 11.8 Å². The second-order valence-corrected chi connectivity index (χ2v) is 9.12. The minimum absolute atomic E-state index is 0.0629. The van der Waals surface area contributed by atoms with Gasteiger partial charge in [-0.05, 0) is 49.2 Å². The molecule has 0 aromatic heterocycles. The number of carbonyl (C=O) groups is 3. The Kier molecular flexibility index (Phi) is 7.39. The first-order valence-electron chi connectivity index (χ1n) is 11.0. The van der Waals surface area contributed by atoms with Gasteiger partial charge in [-0.15, -0.1) is 11.8 Å². The molecule has 33 heavy (non-hydrogen) atoms. The molecule has 2 N–H and O–H groups in total. The van der Waals surface area contributed by atoms with E-state index in [-0.39, 0.29) is 23.8 Å². The summed E-state index contributed by atoms with van der Waals surface area (Å²) in [5.74, 6) is 1.17. The Bertz CT molecular complexity index is 986. The topological polar surface area (TPSA) is 91.0 Å². The first-order chi connectivity index (χ1) is 16.0. The number of nitrogens with one attached hydrogen (secondary N) is 2. The van der Waals surface area contributed by atoms with Gasteiger partial charge in [0.15, 0.2) is 0 Å². The van der Waals surface area contributed by atoms with Crippen LogP contribution in [0.4, 0.5) is 16.2 Å². The second kappa shape index (κ2) is 10.6. The summed E-state index contributed by atoms with van der Waals surface area (Å²) in [6.45, 7) is 0.962. The summed E-state index contributed by atoms with van der Waals surface area (Å²) in [4.78, 5) is 42.3. The van der Waals surface area contributed by atoms with Crippen molar-refractivity contribution in [2.45, 2.75) is 18.9 Å². The molecule has 0 spiro atoms. The van der Waals surface area contributed by atoms with Crippen molar-refractivity contribution in [3.63, 3.8) is 0 Å². The minimum Gasteiger partial charge on any atom is -0.497 e. The van der Waals surface area contributed by atoms with E-state index >= 15 is 0 Å². The standard InChI is InChI=1S/C24H28N4O4S/c1-32-20-11-9-19(10-12-20)25-22(29)21-15-33-16-28(21)23(30)17-6-5-13-27(14-17)24(31)26-18-7-3-2-4-8-18/h2-4,7-12,17,21H,5-6,13-16H2,1H3,(H,25,29)(H,26,31). The number of rotatable bonds is 5. The summed E-state index contributed by atoms with van der Waals surface area (Å²) >= 11 is 1.57. The van der Waals surface area contributed by atoms with Gasteiger partial charge in [0.2, 0.25) is 11.8 Å². The molecule has 2 fully saturated rings. The number of urea groups is 1. The molecule has 174 valence electrons. The number of benzene rings is 2. The maximum Gasteiger partial charge on any atom is 0.321 e. The van der Waals surface area contributed by atoms with E-state index in [1.165, 1.54) is 0 Å². The second-order valence-electron chi connectivity index (χ2n) is 8.12. The highest BCUT2D eigenvalue weighted by atomic mass is 32.2.